The molecule has 1 atom stereocenters. The van der Waals surface area contributed by atoms with E-state index in [4.69, 9.17) is 5.73 Å². The van der Waals surface area contributed by atoms with Crippen LogP contribution < -0.4 is 10.6 Å². The van der Waals surface area contributed by atoms with Crippen LogP contribution >= 0.6 is 11.3 Å². The number of carbonyl (C=O) groups is 1. The number of anilines is 2. The molecule has 1 aliphatic heterocycles. The summed E-state index contributed by atoms with van der Waals surface area (Å²) in [6.07, 6.45) is 0. The number of nitrogen functional groups attached to an aromatic ring is 1. The molecule has 0 saturated carbocycles. The second kappa shape index (κ2) is 7.32. The minimum absolute atomic E-state index is 0.0167. The van der Waals surface area contributed by atoms with Crippen molar-refractivity contribution in [3.8, 4) is 0 Å². The summed E-state index contributed by atoms with van der Waals surface area (Å²) in [6.45, 7) is 5.01. The number of carbonyl (C=O) groups excluding carboxylic acids is 1. The van der Waals surface area contributed by atoms with Gasteiger partial charge in [-0.25, -0.2) is 0 Å². The van der Waals surface area contributed by atoms with Crippen molar-refractivity contribution in [2.24, 2.45) is 0 Å². The Morgan fingerprint density at radius 3 is 2.56 bits per heavy atom. The van der Waals surface area contributed by atoms with E-state index in [1.54, 1.807) is 0 Å². The fourth-order valence-corrected chi connectivity index (χ4v) is 3.51. The summed E-state index contributed by atoms with van der Waals surface area (Å²) in [5.74, 6) is 1.56. The van der Waals surface area contributed by atoms with Crippen molar-refractivity contribution in [1.29, 1.82) is 0 Å². The summed E-state index contributed by atoms with van der Waals surface area (Å²) >= 11 is 1.48. The topological polar surface area (TPSA) is 91.5 Å². The predicted molar refractivity (Wildman–Crippen MR) is 98.8 cm³/mol. The third-order valence-corrected chi connectivity index (χ3v) is 5.17. The molecule has 8 nitrogen and oxygen atoms in total. The zero-order valence-corrected chi connectivity index (χ0v) is 15.5. The number of aromatic nitrogens is 3. The smallest absolute Gasteiger partial charge is 0.264 e. The van der Waals surface area contributed by atoms with Crippen LogP contribution in [0.3, 0.4) is 0 Å². The summed E-state index contributed by atoms with van der Waals surface area (Å²) in [6, 6.07) is 3.80. The van der Waals surface area contributed by atoms with Crippen molar-refractivity contribution in [2.75, 3.05) is 50.9 Å². The number of piperazine rings is 1. The maximum Gasteiger partial charge on any atom is 0.264 e. The molecule has 1 amide bonds. The molecule has 25 heavy (non-hydrogen) atoms. The van der Waals surface area contributed by atoms with Crippen LogP contribution in [-0.4, -0.2) is 70.9 Å². The molecule has 134 valence electrons. The largest absolute Gasteiger partial charge is 0.368 e. The SMILES string of the molecule is C[C@@H](c1nc(N)nc(N(C)C)n1)N1CCN(C(=O)c2cccs2)CC1. The summed E-state index contributed by atoms with van der Waals surface area (Å²) < 4.78 is 0. The van der Waals surface area contributed by atoms with Gasteiger partial charge in [0.2, 0.25) is 11.9 Å². The second-order valence-electron chi connectivity index (χ2n) is 6.23. The van der Waals surface area contributed by atoms with Gasteiger partial charge in [-0.1, -0.05) is 6.07 Å². The van der Waals surface area contributed by atoms with E-state index < -0.39 is 0 Å². The number of hydrogen-bond donors (Lipinski definition) is 1. The van der Waals surface area contributed by atoms with Crippen LogP contribution in [0.1, 0.15) is 28.5 Å². The molecule has 3 heterocycles. The van der Waals surface area contributed by atoms with Gasteiger partial charge in [-0.3, -0.25) is 9.69 Å². The number of rotatable bonds is 4. The van der Waals surface area contributed by atoms with Crippen LogP contribution in [-0.2, 0) is 0 Å². The number of hydrogen-bond acceptors (Lipinski definition) is 8. The van der Waals surface area contributed by atoms with E-state index in [9.17, 15) is 4.79 Å². The highest BCUT2D eigenvalue weighted by Crippen LogP contribution is 2.21. The molecule has 2 aromatic heterocycles. The number of nitrogens with two attached hydrogens (primary N) is 1. The molecule has 3 rings (SSSR count). The monoisotopic (exact) mass is 361 g/mol. The first-order chi connectivity index (χ1) is 12.0. The Morgan fingerprint density at radius 2 is 1.96 bits per heavy atom. The van der Waals surface area contributed by atoms with E-state index in [-0.39, 0.29) is 17.9 Å². The van der Waals surface area contributed by atoms with Crippen LogP contribution in [0.2, 0.25) is 0 Å². The van der Waals surface area contributed by atoms with Crippen molar-refractivity contribution in [3.63, 3.8) is 0 Å². The molecule has 1 aliphatic rings. The molecule has 2 N–H and O–H groups in total. The average molecular weight is 361 g/mol. The zero-order valence-electron chi connectivity index (χ0n) is 14.7. The first-order valence-electron chi connectivity index (χ1n) is 8.21. The Bertz CT molecular complexity index is 726. The van der Waals surface area contributed by atoms with Gasteiger partial charge in [-0.2, -0.15) is 15.0 Å². The van der Waals surface area contributed by atoms with Crippen molar-refractivity contribution in [3.05, 3.63) is 28.2 Å². The Labute approximate surface area is 151 Å². The van der Waals surface area contributed by atoms with E-state index in [0.717, 1.165) is 18.0 Å². The normalized spacial score (nSPS) is 16.7. The molecule has 2 aromatic rings. The van der Waals surface area contributed by atoms with Gasteiger partial charge in [-0.05, 0) is 18.4 Å². The third kappa shape index (κ3) is 3.88. The molecule has 0 bridgehead atoms. The van der Waals surface area contributed by atoms with Crippen LogP contribution in [0.5, 0.6) is 0 Å². The molecule has 1 fully saturated rings. The van der Waals surface area contributed by atoms with Gasteiger partial charge in [-0.15, -0.1) is 11.3 Å². The van der Waals surface area contributed by atoms with Crippen LogP contribution in [0, 0.1) is 0 Å². The van der Waals surface area contributed by atoms with Crippen molar-refractivity contribution in [2.45, 2.75) is 13.0 Å². The van der Waals surface area contributed by atoms with Crippen LogP contribution in [0.25, 0.3) is 0 Å². The van der Waals surface area contributed by atoms with Gasteiger partial charge in [0.1, 0.15) is 0 Å². The van der Waals surface area contributed by atoms with Gasteiger partial charge in [0.05, 0.1) is 10.9 Å². The Kier molecular flexibility index (Phi) is 5.14. The Morgan fingerprint density at radius 1 is 1.24 bits per heavy atom. The van der Waals surface area contributed by atoms with E-state index in [0.29, 0.717) is 24.9 Å². The van der Waals surface area contributed by atoms with Gasteiger partial charge in [0.25, 0.3) is 5.91 Å². The van der Waals surface area contributed by atoms with E-state index in [1.165, 1.54) is 11.3 Å². The average Bonchev–Trinajstić information content (AvgIpc) is 3.14. The first kappa shape index (κ1) is 17.6. The van der Waals surface area contributed by atoms with Gasteiger partial charge < -0.3 is 15.5 Å². The standard InChI is InChI=1S/C16H23N7OS/c1-11(13-18-15(17)20-16(19-13)21(2)3)22-6-8-23(9-7-22)14(24)12-5-4-10-25-12/h4-5,10-11H,6-9H2,1-3H3,(H2,17,18,19,20)/t11-/m0/s1. The van der Waals surface area contributed by atoms with Gasteiger partial charge >= 0.3 is 0 Å². The summed E-state index contributed by atoms with van der Waals surface area (Å²) in [5, 5.41) is 1.93. The molecular formula is C16H23N7OS. The highest BCUT2D eigenvalue weighted by atomic mass is 32.1. The molecule has 0 radical (unpaired) electrons. The molecule has 0 aliphatic carbocycles. The van der Waals surface area contributed by atoms with Gasteiger partial charge in [0.15, 0.2) is 5.82 Å². The lowest BCUT2D eigenvalue weighted by Crippen LogP contribution is -2.49. The molecule has 0 spiro atoms. The summed E-state index contributed by atoms with van der Waals surface area (Å²) in [5.41, 5.74) is 5.82. The molecule has 1 saturated heterocycles. The van der Waals surface area contributed by atoms with E-state index in [2.05, 4.69) is 26.8 Å². The quantitative estimate of drug-likeness (QED) is 0.872. The Hall–Kier alpha value is -2.26. The third-order valence-electron chi connectivity index (χ3n) is 4.31. The summed E-state index contributed by atoms with van der Waals surface area (Å²) in [7, 11) is 3.75. The molecule has 9 heteroatoms. The van der Waals surface area contributed by atoms with Crippen molar-refractivity contribution >= 4 is 29.1 Å². The van der Waals surface area contributed by atoms with E-state index >= 15 is 0 Å². The van der Waals surface area contributed by atoms with Gasteiger partial charge in [0, 0.05) is 40.3 Å². The molecule has 0 unspecified atom stereocenters. The molecule has 0 aromatic carbocycles. The maximum absolute atomic E-state index is 12.4. The minimum atomic E-state index is 0.0167. The lowest BCUT2D eigenvalue weighted by atomic mass is 10.2. The number of nitrogens with zero attached hydrogens (tertiary/aromatic N) is 6. The Balaban J connectivity index is 1.65. The zero-order chi connectivity index (χ0) is 18.0. The van der Waals surface area contributed by atoms with Crippen LogP contribution in [0.15, 0.2) is 17.5 Å². The number of thiophene rings is 1. The molecular weight excluding hydrogens is 338 g/mol. The maximum atomic E-state index is 12.4. The lowest BCUT2D eigenvalue weighted by Gasteiger charge is -2.37. The minimum Gasteiger partial charge on any atom is -0.368 e. The fraction of sp³-hybridized carbons (Fsp3) is 0.500. The second-order valence-corrected chi connectivity index (χ2v) is 7.18. The van der Waals surface area contributed by atoms with E-state index in [1.807, 2.05) is 41.4 Å². The summed E-state index contributed by atoms with van der Waals surface area (Å²) in [4.78, 5) is 32.2. The number of amides is 1. The van der Waals surface area contributed by atoms with Crippen LogP contribution in [0.4, 0.5) is 11.9 Å². The highest BCUT2D eigenvalue weighted by molar-refractivity contribution is 7.12. The van der Waals surface area contributed by atoms with Crippen molar-refractivity contribution < 1.29 is 4.79 Å². The van der Waals surface area contributed by atoms with Crippen molar-refractivity contribution in [1.82, 2.24) is 24.8 Å². The first-order valence-corrected chi connectivity index (χ1v) is 9.09. The predicted octanol–water partition coefficient (Wildman–Crippen LogP) is 1.10. The lowest BCUT2D eigenvalue weighted by molar-refractivity contribution is 0.0580. The fourth-order valence-electron chi connectivity index (χ4n) is 2.82. The highest BCUT2D eigenvalue weighted by Gasteiger charge is 2.27.